The molecule has 7 heteroatoms. The van der Waals surface area contributed by atoms with Crippen LogP contribution >= 0.6 is 0 Å². The van der Waals surface area contributed by atoms with Gasteiger partial charge in [-0.05, 0) is 37.8 Å². The number of ether oxygens (including phenoxy) is 1. The molecule has 2 saturated heterocycles. The molecule has 0 saturated carbocycles. The molecule has 2 fully saturated rings. The van der Waals surface area contributed by atoms with Gasteiger partial charge in [-0.1, -0.05) is 0 Å². The first-order valence-electron chi connectivity index (χ1n) is 7.72. The Morgan fingerprint density at radius 2 is 1.33 bits per heavy atom. The van der Waals surface area contributed by atoms with Gasteiger partial charge in [0.15, 0.2) is 0 Å². The number of nitrogens with two attached hydrogens (primary N) is 2. The van der Waals surface area contributed by atoms with Crippen molar-refractivity contribution < 1.29 is 14.3 Å². The Labute approximate surface area is 125 Å². The summed E-state index contributed by atoms with van der Waals surface area (Å²) in [6.45, 7) is 3.11. The molecule has 0 aromatic rings. The van der Waals surface area contributed by atoms with Crippen molar-refractivity contribution in [1.82, 2.24) is 10.6 Å². The van der Waals surface area contributed by atoms with Gasteiger partial charge in [0.2, 0.25) is 0 Å². The lowest BCUT2D eigenvalue weighted by Gasteiger charge is -2.29. The van der Waals surface area contributed by atoms with Gasteiger partial charge in [0, 0.05) is 25.2 Å². The number of rotatable bonds is 4. The summed E-state index contributed by atoms with van der Waals surface area (Å²) in [5.74, 6) is -0.755. The van der Waals surface area contributed by atoms with Crippen LogP contribution in [0.1, 0.15) is 25.7 Å². The average Bonchev–Trinajstić information content (AvgIpc) is 2.44. The number of hydrogen-bond donors (Lipinski definition) is 4. The third-order valence-electron chi connectivity index (χ3n) is 4.44. The lowest BCUT2D eigenvalue weighted by molar-refractivity contribution is -0.161. The number of piperidine rings is 2. The minimum absolute atomic E-state index is 0.0563. The summed E-state index contributed by atoms with van der Waals surface area (Å²) in [6, 6.07) is -0.113. The van der Waals surface area contributed by atoms with E-state index in [2.05, 4.69) is 10.6 Å². The Morgan fingerprint density at radius 3 is 1.71 bits per heavy atom. The first-order valence-corrected chi connectivity index (χ1v) is 7.72. The van der Waals surface area contributed by atoms with Crippen molar-refractivity contribution in [3.8, 4) is 0 Å². The molecule has 0 spiro atoms. The van der Waals surface area contributed by atoms with Crippen LogP contribution in [0.15, 0.2) is 0 Å². The van der Waals surface area contributed by atoms with Crippen LogP contribution in [0.2, 0.25) is 0 Å². The highest BCUT2D eigenvalue weighted by Crippen LogP contribution is 2.18. The predicted molar refractivity (Wildman–Crippen MR) is 78.2 cm³/mol. The minimum atomic E-state index is -0.468. The highest BCUT2D eigenvalue weighted by molar-refractivity contribution is 5.85. The maximum Gasteiger partial charge on any atom is 0.313 e. The Kier molecular flexibility index (Phi) is 6.10. The van der Waals surface area contributed by atoms with Crippen molar-refractivity contribution in [1.29, 1.82) is 0 Å². The molecule has 0 aromatic carbocycles. The third kappa shape index (κ3) is 5.03. The van der Waals surface area contributed by atoms with E-state index < -0.39 is 11.9 Å². The minimum Gasteiger partial charge on any atom is -0.393 e. The summed E-state index contributed by atoms with van der Waals surface area (Å²) in [4.78, 5) is 23.7. The van der Waals surface area contributed by atoms with E-state index in [0.29, 0.717) is 13.1 Å². The molecule has 2 heterocycles. The van der Waals surface area contributed by atoms with Crippen molar-refractivity contribution in [2.75, 3.05) is 26.2 Å². The fraction of sp³-hybridized carbons (Fsp3) is 0.857. The summed E-state index contributed by atoms with van der Waals surface area (Å²) in [7, 11) is 0. The second kappa shape index (κ2) is 7.84. The standard InChI is InChI=1S/C14H26N4O3/c15-11-7-17-3-1-9(11)5-13(19)21-14(20)6-10-2-4-18-8-12(10)16/h9-12,17-18H,1-8,15-16H2. The van der Waals surface area contributed by atoms with E-state index in [4.69, 9.17) is 16.2 Å². The monoisotopic (exact) mass is 298 g/mol. The molecular weight excluding hydrogens is 272 g/mol. The quantitative estimate of drug-likeness (QED) is 0.376. The smallest absolute Gasteiger partial charge is 0.313 e. The van der Waals surface area contributed by atoms with E-state index in [1.54, 1.807) is 0 Å². The number of hydrogen-bond acceptors (Lipinski definition) is 7. The van der Waals surface area contributed by atoms with Gasteiger partial charge in [0.1, 0.15) is 0 Å². The summed E-state index contributed by atoms with van der Waals surface area (Å²) in [5, 5.41) is 6.35. The highest BCUT2D eigenvalue weighted by Gasteiger charge is 2.28. The maximum absolute atomic E-state index is 11.8. The van der Waals surface area contributed by atoms with Gasteiger partial charge in [-0.15, -0.1) is 0 Å². The van der Waals surface area contributed by atoms with Crippen LogP contribution in [0.25, 0.3) is 0 Å². The maximum atomic E-state index is 11.8. The van der Waals surface area contributed by atoms with E-state index in [9.17, 15) is 9.59 Å². The van der Waals surface area contributed by atoms with Crippen molar-refractivity contribution in [2.45, 2.75) is 37.8 Å². The fourth-order valence-corrected chi connectivity index (χ4v) is 3.02. The molecule has 7 nitrogen and oxygen atoms in total. The molecular formula is C14H26N4O3. The van der Waals surface area contributed by atoms with E-state index in [1.165, 1.54) is 0 Å². The van der Waals surface area contributed by atoms with Crippen LogP contribution in [0.5, 0.6) is 0 Å². The normalized spacial score (nSPS) is 33.4. The summed E-state index contributed by atoms with van der Waals surface area (Å²) in [6.07, 6.45) is 2.10. The largest absolute Gasteiger partial charge is 0.393 e. The summed E-state index contributed by atoms with van der Waals surface area (Å²) >= 11 is 0. The molecule has 0 radical (unpaired) electrons. The summed E-state index contributed by atoms with van der Waals surface area (Å²) in [5.41, 5.74) is 11.9. The SMILES string of the molecule is NC1CNCCC1CC(=O)OC(=O)CC1CCNCC1N. The first kappa shape index (κ1) is 16.4. The van der Waals surface area contributed by atoms with Crippen molar-refractivity contribution >= 4 is 11.9 Å². The first-order chi connectivity index (χ1) is 10.1. The summed E-state index contributed by atoms with van der Waals surface area (Å²) < 4.78 is 4.92. The Bertz CT molecular complexity index is 343. The topological polar surface area (TPSA) is 119 Å². The molecule has 4 atom stereocenters. The lowest BCUT2D eigenvalue weighted by Crippen LogP contribution is -2.47. The van der Waals surface area contributed by atoms with E-state index in [0.717, 1.165) is 25.9 Å². The van der Waals surface area contributed by atoms with Crippen molar-refractivity contribution in [3.63, 3.8) is 0 Å². The van der Waals surface area contributed by atoms with E-state index in [1.807, 2.05) is 0 Å². The Balaban J connectivity index is 1.72. The second-order valence-electron chi connectivity index (χ2n) is 6.09. The molecule has 21 heavy (non-hydrogen) atoms. The molecule has 4 unspecified atom stereocenters. The molecule has 0 aliphatic carbocycles. The lowest BCUT2D eigenvalue weighted by atomic mass is 9.90. The van der Waals surface area contributed by atoms with E-state index >= 15 is 0 Å². The zero-order valence-corrected chi connectivity index (χ0v) is 12.3. The van der Waals surface area contributed by atoms with Crippen LogP contribution in [-0.2, 0) is 14.3 Å². The second-order valence-corrected chi connectivity index (χ2v) is 6.09. The number of carbonyl (C=O) groups excluding carboxylic acids is 2. The van der Waals surface area contributed by atoms with Crippen molar-refractivity contribution in [2.24, 2.45) is 23.3 Å². The molecule has 120 valence electrons. The van der Waals surface area contributed by atoms with E-state index in [-0.39, 0.29) is 36.8 Å². The third-order valence-corrected chi connectivity index (χ3v) is 4.44. The molecule has 0 bridgehead atoms. The van der Waals surface area contributed by atoms with Crippen LogP contribution in [0, 0.1) is 11.8 Å². The van der Waals surface area contributed by atoms with Gasteiger partial charge < -0.3 is 26.8 Å². The Hall–Kier alpha value is -1.02. The van der Waals surface area contributed by atoms with Crippen LogP contribution < -0.4 is 22.1 Å². The Morgan fingerprint density at radius 1 is 0.905 bits per heavy atom. The molecule has 0 amide bonds. The molecule has 0 aromatic heterocycles. The number of carbonyl (C=O) groups is 2. The van der Waals surface area contributed by atoms with Gasteiger partial charge in [0.25, 0.3) is 0 Å². The number of esters is 2. The zero-order chi connectivity index (χ0) is 15.2. The van der Waals surface area contributed by atoms with Gasteiger partial charge in [-0.25, -0.2) is 0 Å². The molecule has 2 aliphatic heterocycles. The van der Waals surface area contributed by atoms with Gasteiger partial charge in [-0.3, -0.25) is 9.59 Å². The highest BCUT2D eigenvalue weighted by atomic mass is 16.6. The number of nitrogens with one attached hydrogen (secondary N) is 2. The molecule has 2 aliphatic rings. The average molecular weight is 298 g/mol. The van der Waals surface area contributed by atoms with Gasteiger partial charge in [0.05, 0.1) is 12.8 Å². The van der Waals surface area contributed by atoms with Crippen LogP contribution in [-0.4, -0.2) is 50.2 Å². The fourth-order valence-electron chi connectivity index (χ4n) is 3.02. The van der Waals surface area contributed by atoms with Gasteiger partial charge in [-0.2, -0.15) is 0 Å². The molecule has 6 N–H and O–H groups in total. The van der Waals surface area contributed by atoms with Crippen LogP contribution in [0.4, 0.5) is 0 Å². The van der Waals surface area contributed by atoms with Crippen LogP contribution in [0.3, 0.4) is 0 Å². The van der Waals surface area contributed by atoms with Crippen molar-refractivity contribution in [3.05, 3.63) is 0 Å². The molecule has 2 rings (SSSR count). The predicted octanol–water partition coefficient (Wildman–Crippen LogP) is -1.29. The zero-order valence-electron chi connectivity index (χ0n) is 12.3. The van der Waals surface area contributed by atoms with Gasteiger partial charge >= 0.3 is 11.9 Å².